The Hall–Kier alpha value is -3.12. The van der Waals surface area contributed by atoms with E-state index in [0.29, 0.717) is 5.69 Å². The van der Waals surface area contributed by atoms with E-state index in [2.05, 4.69) is 50.8 Å². The van der Waals surface area contributed by atoms with Gasteiger partial charge < -0.3 is 15.4 Å². The highest BCUT2D eigenvalue weighted by atomic mass is 79.9. The van der Waals surface area contributed by atoms with Gasteiger partial charge in [0.05, 0.1) is 0 Å². The number of amides is 2. The fraction of sp³-hybridized carbons (Fsp3) is 0.231. The minimum absolute atomic E-state index is 0.0316. The molecule has 0 radical (unpaired) electrons. The molecular weight excluding hydrogens is 468 g/mol. The van der Waals surface area contributed by atoms with E-state index in [0.717, 1.165) is 21.2 Å². The summed E-state index contributed by atoms with van der Waals surface area (Å²) in [4.78, 5) is 25.3. The second kappa shape index (κ2) is 8.79. The van der Waals surface area contributed by atoms with Gasteiger partial charge in [-0.1, -0.05) is 64.5 Å². The molecule has 2 amide bonds. The molecule has 32 heavy (non-hydrogen) atoms. The molecule has 5 nitrogen and oxygen atoms in total. The molecule has 0 aliphatic heterocycles. The number of aryl methyl sites for hydroxylation is 1. The maximum absolute atomic E-state index is 12.8. The lowest BCUT2D eigenvalue weighted by Gasteiger charge is -2.25. The predicted molar refractivity (Wildman–Crippen MR) is 130 cm³/mol. The molecule has 0 atom stereocenters. The minimum Gasteiger partial charge on any atom is -0.449 e. The van der Waals surface area contributed by atoms with Crippen molar-refractivity contribution in [1.29, 1.82) is 0 Å². The number of anilines is 1. The molecular formula is C26H25BrN2O3. The first-order chi connectivity index (χ1) is 15.3. The molecule has 2 N–H and O–H groups in total. The second-order valence-electron chi connectivity index (χ2n) is 8.49. The Morgan fingerprint density at radius 2 is 1.56 bits per heavy atom. The fourth-order valence-electron chi connectivity index (χ4n) is 3.96. The second-order valence-corrected chi connectivity index (χ2v) is 9.35. The zero-order valence-electron chi connectivity index (χ0n) is 18.2. The number of alkyl carbamates (subject to hydrolysis) is 1. The zero-order valence-corrected chi connectivity index (χ0v) is 19.8. The Labute approximate surface area is 196 Å². The third-order valence-electron chi connectivity index (χ3n) is 5.74. The maximum Gasteiger partial charge on any atom is 0.408 e. The lowest BCUT2D eigenvalue weighted by atomic mass is 9.98. The van der Waals surface area contributed by atoms with E-state index >= 15 is 0 Å². The molecule has 0 spiro atoms. The minimum atomic E-state index is -1.15. The van der Waals surface area contributed by atoms with Gasteiger partial charge in [-0.05, 0) is 66.8 Å². The number of rotatable bonds is 5. The van der Waals surface area contributed by atoms with E-state index in [9.17, 15) is 9.59 Å². The maximum atomic E-state index is 12.8. The largest absolute Gasteiger partial charge is 0.449 e. The number of halogens is 1. The average Bonchev–Trinajstić information content (AvgIpc) is 3.08. The van der Waals surface area contributed by atoms with Crippen molar-refractivity contribution in [2.45, 2.75) is 32.2 Å². The van der Waals surface area contributed by atoms with Crippen LogP contribution >= 0.6 is 15.9 Å². The van der Waals surface area contributed by atoms with Gasteiger partial charge in [0.25, 0.3) is 0 Å². The molecule has 0 bridgehead atoms. The standard InChI is InChI=1S/C26H25BrN2O3/c1-16-14-17(12-13-23(16)27)28-24(30)26(2,3)29-25(31)32-15-22-20-10-6-4-8-18(20)19-9-5-7-11-21(19)22/h4-14,22H,15H2,1-3H3,(H,28,30)(H,29,31). The van der Waals surface area contributed by atoms with E-state index in [1.54, 1.807) is 19.9 Å². The SMILES string of the molecule is Cc1cc(NC(=O)C(C)(C)NC(=O)OCC2c3ccccc3-c3ccccc32)ccc1Br. The monoisotopic (exact) mass is 492 g/mol. The van der Waals surface area contributed by atoms with E-state index in [1.165, 1.54) is 11.1 Å². The van der Waals surface area contributed by atoms with Crippen LogP contribution in [0.3, 0.4) is 0 Å². The predicted octanol–water partition coefficient (Wildman–Crippen LogP) is 6.01. The van der Waals surface area contributed by atoms with Gasteiger partial charge in [-0.2, -0.15) is 0 Å². The summed E-state index contributed by atoms with van der Waals surface area (Å²) in [7, 11) is 0. The summed E-state index contributed by atoms with van der Waals surface area (Å²) in [6, 6.07) is 21.9. The Balaban J connectivity index is 1.40. The highest BCUT2D eigenvalue weighted by molar-refractivity contribution is 9.10. The Kier molecular flexibility index (Phi) is 6.07. The van der Waals surface area contributed by atoms with Gasteiger partial charge in [-0.25, -0.2) is 4.79 Å². The molecule has 0 saturated heterocycles. The van der Waals surface area contributed by atoms with Crippen LogP contribution in [0, 0.1) is 6.92 Å². The quantitative estimate of drug-likeness (QED) is 0.457. The molecule has 1 aliphatic carbocycles. The van der Waals surface area contributed by atoms with Gasteiger partial charge >= 0.3 is 6.09 Å². The van der Waals surface area contributed by atoms with Gasteiger partial charge in [0.1, 0.15) is 12.1 Å². The Morgan fingerprint density at radius 3 is 2.16 bits per heavy atom. The Morgan fingerprint density at radius 1 is 0.969 bits per heavy atom. The molecule has 164 valence electrons. The van der Waals surface area contributed by atoms with Crippen LogP contribution in [-0.4, -0.2) is 24.1 Å². The van der Waals surface area contributed by atoms with Crippen LogP contribution in [0.5, 0.6) is 0 Å². The molecule has 0 heterocycles. The van der Waals surface area contributed by atoms with Crippen molar-refractivity contribution in [2.75, 3.05) is 11.9 Å². The summed E-state index contributed by atoms with van der Waals surface area (Å²) in [6.07, 6.45) is -0.626. The van der Waals surface area contributed by atoms with E-state index < -0.39 is 11.6 Å². The molecule has 4 rings (SSSR count). The molecule has 3 aromatic rings. The lowest BCUT2D eigenvalue weighted by Crippen LogP contribution is -2.52. The lowest BCUT2D eigenvalue weighted by molar-refractivity contribution is -0.121. The van der Waals surface area contributed by atoms with Gasteiger partial charge in [0.2, 0.25) is 5.91 Å². The van der Waals surface area contributed by atoms with Crippen LogP contribution in [0.2, 0.25) is 0 Å². The van der Waals surface area contributed by atoms with E-state index in [4.69, 9.17) is 4.74 Å². The summed E-state index contributed by atoms with van der Waals surface area (Å²) >= 11 is 3.45. The number of nitrogens with one attached hydrogen (secondary N) is 2. The van der Waals surface area contributed by atoms with Crippen molar-refractivity contribution < 1.29 is 14.3 Å². The summed E-state index contributed by atoms with van der Waals surface area (Å²) in [5.74, 6) is -0.358. The van der Waals surface area contributed by atoms with Gasteiger partial charge in [0.15, 0.2) is 0 Å². The number of fused-ring (bicyclic) bond motifs is 3. The smallest absolute Gasteiger partial charge is 0.408 e. The molecule has 0 unspecified atom stereocenters. The summed E-state index contributed by atoms with van der Waals surface area (Å²) in [5, 5.41) is 5.54. The van der Waals surface area contributed by atoms with Gasteiger partial charge in [-0.3, -0.25) is 4.79 Å². The number of ether oxygens (including phenoxy) is 1. The Bertz CT molecular complexity index is 1140. The number of hydrogen-bond donors (Lipinski definition) is 2. The number of carbonyl (C=O) groups is 2. The van der Waals surface area contributed by atoms with Gasteiger partial charge in [-0.15, -0.1) is 0 Å². The van der Waals surface area contributed by atoms with Crippen molar-refractivity contribution in [2.24, 2.45) is 0 Å². The van der Waals surface area contributed by atoms with Crippen molar-refractivity contribution in [3.63, 3.8) is 0 Å². The fourth-order valence-corrected chi connectivity index (χ4v) is 4.20. The van der Waals surface area contributed by atoms with Crippen LogP contribution in [0.4, 0.5) is 10.5 Å². The normalized spacial score (nSPS) is 12.6. The van der Waals surface area contributed by atoms with E-state index in [-0.39, 0.29) is 18.4 Å². The van der Waals surface area contributed by atoms with Crippen molar-refractivity contribution in [3.05, 3.63) is 87.9 Å². The summed E-state index contributed by atoms with van der Waals surface area (Å²) < 4.78 is 6.54. The number of carbonyl (C=O) groups excluding carboxylic acids is 2. The summed E-state index contributed by atoms with van der Waals surface area (Å²) in [5.41, 5.74) is 5.14. The number of benzene rings is 3. The number of hydrogen-bond acceptors (Lipinski definition) is 3. The molecule has 0 fully saturated rings. The van der Waals surface area contributed by atoms with Crippen LogP contribution < -0.4 is 10.6 Å². The molecule has 3 aromatic carbocycles. The van der Waals surface area contributed by atoms with E-state index in [1.807, 2.05) is 43.3 Å². The topological polar surface area (TPSA) is 67.4 Å². The third kappa shape index (κ3) is 4.41. The first kappa shape index (κ1) is 22.1. The molecule has 6 heteroatoms. The van der Waals surface area contributed by atoms with Crippen LogP contribution in [0.1, 0.15) is 36.5 Å². The van der Waals surface area contributed by atoms with Crippen LogP contribution in [0.25, 0.3) is 11.1 Å². The first-order valence-electron chi connectivity index (χ1n) is 10.5. The first-order valence-corrected chi connectivity index (χ1v) is 11.3. The highest BCUT2D eigenvalue weighted by Gasteiger charge is 2.32. The molecule has 0 saturated carbocycles. The highest BCUT2D eigenvalue weighted by Crippen LogP contribution is 2.44. The van der Waals surface area contributed by atoms with Crippen molar-refractivity contribution in [3.8, 4) is 11.1 Å². The van der Waals surface area contributed by atoms with Crippen LogP contribution in [-0.2, 0) is 9.53 Å². The molecule has 1 aliphatic rings. The summed E-state index contributed by atoms with van der Waals surface area (Å²) in [6.45, 7) is 5.44. The van der Waals surface area contributed by atoms with Crippen LogP contribution in [0.15, 0.2) is 71.2 Å². The van der Waals surface area contributed by atoms with Gasteiger partial charge in [0, 0.05) is 16.1 Å². The third-order valence-corrected chi connectivity index (χ3v) is 6.63. The average molecular weight is 493 g/mol. The van der Waals surface area contributed by atoms with Crippen molar-refractivity contribution >= 4 is 33.6 Å². The molecule has 0 aromatic heterocycles. The zero-order chi connectivity index (χ0) is 22.9. The van der Waals surface area contributed by atoms with Crippen molar-refractivity contribution in [1.82, 2.24) is 5.32 Å².